The number of ether oxygens (including phenoxy) is 10. The maximum Gasteiger partial charge on any atom is 0.186 e. The lowest BCUT2D eigenvalue weighted by molar-refractivity contribution is -0.309. The van der Waals surface area contributed by atoms with Gasteiger partial charge in [-0.3, -0.25) is 0 Å². The molecule has 446 valence electrons. The summed E-state index contributed by atoms with van der Waals surface area (Å²) in [5.41, 5.74) is 61.7. The van der Waals surface area contributed by atoms with Crippen LogP contribution in [0, 0.1) is 0 Å². The van der Waals surface area contributed by atoms with E-state index >= 15 is 0 Å². The van der Waals surface area contributed by atoms with E-state index in [1.807, 2.05) is 0 Å². The first-order chi connectivity index (χ1) is 36.2. The zero-order valence-corrected chi connectivity index (χ0v) is 45.8. The van der Waals surface area contributed by atoms with E-state index in [9.17, 15) is 40.9 Å². The minimum absolute atomic E-state index is 0.0334. The van der Waals surface area contributed by atoms with E-state index < -0.39 is 171 Å². The van der Waals surface area contributed by atoms with Gasteiger partial charge in [0.2, 0.25) is 0 Å². The van der Waals surface area contributed by atoms with Gasteiger partial charge in [0, 0.05) is 71.8 Å². The van der Waals surface area contributed by atoms with Gasteiger partial charge in [-0.25, -0.2) is 0 Å². The van der Waals surface area contributed by atoms with Gasteiger partial charge in [0.05, 0.1) is 99.4 Å². The molecule has 76 heavy (non-hydrogen) atoms. The van der Waals surface area contributed by atoms with E-state index in [0.717, 1.165) is 11.5 Å². The van der Waals surface area contributed by atoms with Crippen LogP contribution >= 0.6 is 45.1 Å². The molecule has 4 saturated heterocycles. The molecule has 6 rings (SSSR count). The summed E-state index contributed by atoms with van der Waals surface area (Å²) < 4.78 is 59.4. The summed E-state index contributed by atoms with van der Waals surface area (Å²) in [6, 6.07) is -6.63. The fourth-order valence-corrected chi connectivity index (χ4v) is 13.5. The highest BCUT2D eigenvalue weighted by Gasteiger charge is 2.52. The molecule has 6 aliphatic rings. The Morgan fingerprint density at radius 3 is 1.03 bits per heavy atom. The second kappa shape index (κ2) is 31.8. The van der Waals surface area contributed by atoms with Gasteiger partial charge in [-0.1, -0.05) is 21.6 Å². The van der Waals surface area contributed by atoms with Gasteiger partial charge in [0.15, 0.2) is 25.2 Å². The van der Waals surface area contributed by atoms with Gasteiger partial charge in [-0.05, 0) is 25.7 Å². The summed E-state index contributed by atoms with van der Waals surface area (Å²) in [7, 11) is 3.31. The van der Waals surface area contributed by atoms with Crippen LogP contribution in [0.1, 0.15) is 25.7 Å². The third-order valence-electron chi connectivity index (χ3n) is 14.5. The maximum atomic E-state index is 11.4. The second-order valence-corrected chi connectivity index (χ2v) is 25.2. The Hall–Kier alpha value is 0.280. The predicted molar refractivity (Wildman–Crippen MR) is 284 cm³/mol. The summed E-state index contributed by atoms with van der Waals surface area (Å²) in [4.78, 5) is 0. The Morgan fingerprint density at radius 1 is 0.368 bits per heavy atom. The zero-order chi connectivity index (χ0) is 55.4. The van der Waals surface area contributed by atoms with E-state index in [1.54, 1.807) is 21.6 Å². The van der Waals surface area contributed by atoms with Crippen LogP contribution in [0.2, 0.25) is 0 Å². The number of hydrogen-bond acceptors (Lipinski definition) is 32. The standard InChI is InChI=1S/C44H88N10O18S4/c45-13-25-23(55)11-21(51)41(65-25)69-37-17(47)9-19(49)39(35(37)61)71-43-33(59)29(53)31(57)27(67-43)15-73-5-1-63-3-7-75-76-8-4-64-2-6-74-16-28-32(58)30(54)34(60)44(68-28)72-40-20(50)10-18(48)38(36(40)62)70-42-22(52)12-24(56)26(14-46)66-42/h17-44,55-62H,1-16,45-54H2. The Labute approximate surface area is 459 Å². The number of aliphatic hydroxyl groups is 8. The number of rotatable bonds is 27. The third kappa shape index (κ3) is 17.4. The second-order valence-electron chi connectivity index (χ2n) is 20.2. The van der Waals surface area contributed by atoms with E-state index in [2.05, 4.69) is 0 Å². The highest BCUT2D eigenvalue weighted by Crippen LogP contribution is 2.34. The molecular formula is C44H88N10O18S4. The van der Waals surface area contributed by atoms with Gasteiger partial charge in [0.1, 0.15) is 48.8 Å². The molecule has 32 heteroatoms. The summed E-state index contributed by atoms with van der Waals surface area (Å²) in [6.07, 6.45) is -21.1. The fraction of sp³-hybridized carbons (Fsp3) is 1.00. The number of hydrogen-bond donors (Lipinski definition) is 18. The van der Waals surface area contributed by atoms with Gasteiger partial charge >= 0.3 is 0 Å². The van der Waals surface area contributed by atoms with Crippen LogP contribution < -0.4 is 57.3 Å². The summed E-state index contributed by atoms with van der Waals surface area (Å²) in [5, 5.41) is 86.8. The first-order valence-electron chi connectivity index (χ1n) is 25.9. The molecule has 0 aromatic rings. The number of nitrogens with two attached hydrogens (primary N) is 10. The Balaban J connectivity index is 0.803. The molecule has 28 atom stereocenters. The maximum absolute atomic E-state index is 11.4. The SMILES string of the molecule is NCC1OC(OC2C(N)CC(N)C(OC3OC(CSCCOCCSSCCOCCSCC4OC(OC5C(N)CC(N)C(OC6OC(CN)C(O)CC6N)C5O)C(O)C(N)C4O)C(O)C(N)C3O)C2O)C(N)CC1O. The van der Waals surface area contributed by atoms with Crippen LogP contribution in [0.25, 0.3) is 0 Å². The normalized spacial score (nSPS) is 46.5. The average molecular weight is 1170 g/mol. The van der Waals surface area contributed by atoms with Crippen LogP contribution in [-0.4, -0.2) is 286 Å². The van der Waals surface area contributed by atoms with E-state index in [1.165, 1.54) is 23.5 Å². The molecule has 6 fully saturated rings. The summed E-state index contributed by atoms with van der Waals surface area (Å²) >= 11 is 2.94. The smallest absolute Gasteiger partial charge is 0.186 e. The first-order valence-corrected chi connectivity index (χ1v) is 30.7. The van der Waals surface area contributed by atoms with E-state index in [0.29, 0.717) is 49.4 Å². The molecular weight excluding hydrogens is 1080 g/mol. The minimum atomic E-state index is -1.44. The van der Waals surface area contributed by atoms with Crippen LogP contribution in [0.3, 0.4) is 0 Å². The molecule has 4 aliphatic heterocycles. The lowest BCUT2D eigenvalue weighted by atomic mass is 9.84. The Kier molecular flexibility index (Phi) is 27.4. The van der Waals surface area contributed by atoms with Gasteiger partial charge in [-0.2, -0.15) is 23.5 Å². The first kappa shape index (κ1) is 65.4. The van der Waals surface area contributed by atoms with Crippen molar-refractivity contribution in [3.8, 4) is 0 Å². The molecule has 28 nitrogen and oxygen atoms in total. The lowest BCUT2D eigenvalue weighted by Crippen LogP contribution is -2.68. The Morgan fingerprint density at radius 2 is 0.684 bits per heavy atom. The van der Waals surface area contributed by atoms with Crippen LogP contribution in [-0.2, 0) is 47.4 Å². The van der Waals surface area contributed by atoms with Gasteiger partial charge in [0.25, 0.3) is 0 Å². The van der Waals surface area contributed by atoms with Crippen molar-refractivity contribution in [2.45, 2.75) is 197 Å². The lowest BCUT2D eigenvalue weighted by Gasteiger charge is -2.48. The quantitative estimate of drug-likeness (QED) is 0.0268. The van der Waals surface area contributed by atoms with Crippen molar-refractivity contribution in [3.05, 3.63) is 0 Å². The average Bonchev–Trinajstić information content (AvgIpc) is 3.39. The number of aliphatic hydroxyl groups excluding tert-OH is 8. The largest absolute Gasteiger partial charge is 0.390 e. The zero-order valence-electron chi connectivity index (χ0n) is 42.5. The monoisotopic (exact) mass is 1170 g/mol. The van der Waals surface area contributed by atoms with Crippen LogP contribution in [0.15, 0.2) is 0 Å². The molecule has 0 amide bonds. The predicted octanol–water partition coefficient (Wildman–Crippen LogP) is -8.68. The van der Waals surface area contributed by atoms with Crippen molar-refractivity contribution in [1.82, 2.24) is 0 Å². The van der Waals surface area contributed by atoms with Crippen LogP contribution in [0.5, 0.6) is 0 Å². The van der Waals surface area contributed by atoms with Crippen molar-refractivity contribution in [3.63, 3.8) is 0 Å². The van der Waals surface area contributed by atoms with Crippen molar-refractivity contribution >= 4 is 45.1 Å². The molecule has 28 unspecified atom stereocenters. The molecule has 4 heterocycles. The van der Waals surface area contributed by atoms with Crippen molar-refractivity contribution in [1.29, 1.82) is 0 Å². The third-order valence-corrected chi connectivity index (χ3v) is 18.9. The minimum Gasteiger partial charge on any atom is -0.390 e. The fourth-order valence-electron chi connectivity index (χ4n) is 9.97. The molecule has 0 aromatic heterocycles. The molecule has 0 bridgehead atoms. The van der Waals surface area contributed by atoms with Crippen molar-refractivity contribution < 1.29 is 88.2 Å². The number of thioether (sulfide) groups is 2. The van der Waals surface area contributed by atoms with E-state index in [-0.39, 0.29) is 38.8 Å². The van der Waals surface area contributed by atoms with Crippen molar-refractivity contribution in [2.24, 2.45) is 57.3 Å². The van der Waals surface area contributed by atoms with Gasteiger partial charge < -0.3 is 146 Å². The van der Waals surface area contributed by atoms with Crippen molar-refractivity contribution in [2.75, 3.05) is 74.0 Å². The highest BCUT2D eigenvalue weighted by molar-refractivity contribution is 8.76. The molecule has 0 spiro atoms. The molecule has 28 N–H and O–H groups in total. The van der Waals surface area contributed by atoms with E-state index in [4.69, 9.17) is 105 Å². The molecule has 0 radical (unpaired) electrons. The summed E-state index contributed by atoms with van der Waals surface area (Å²) in [5.74, 6) is 3.30. The molecule has 2 aliphatic carbocycles. The van der Waals surface area contributed by atoms with Gasteiger partial charge in [-0.15, -0.1) is 0 Å². The topological polar surface area (TPSA) is 514 Å². The molecule has 0 aromatic carbocycles. The molecule has 2 saturated carbocycles. The summed E-state index contributed by atoms with van der Waals surface area (Å²) in [6.45, 7) is 1.99. The highest BCUT2D eigenvalue weighted by atomic mass is 33.1. The Bertz CT molecular complexity index is 1560. The van der Waals surface area contributed by atoms with Crippen LogP contribution in [0.4, 0.5) is 0 Å².